The van der Waals surface area contributed by atoms with E-state index >= 15 is 0 Å². The Bertz CT molecular complexity index is 1110. The number of nitro benzene ring substituents is 1. The molecular weight excluding hydrogens is 386 g/mol. The molecule has 0 atom stereocenters. The number of hydrogen-bond donors (Lipinski definition) is 0. The fraction of sp³-hybridized carbons (Fsp3) is 0.273. The van der Waals surface area contributed by atoms with Gasteiger partial charge in [-0.25, -0.2) is 9.78 Å². The molecule has 1 saturated heterocycles. The van der Waals surface area contributed by atoms with Crippen LogP contribution in [0.25, 0.3) is 10.9 Å². The van der Waals surface area contributed by atoms with Crippen LogP contribution in [0, 0.1) is 10.1 Å². The first-order valence-electron chi connectivity index (χ1n) is 9.70. The van der Waals surface area contributed by atoms with E-state index in [0.717, 1.165) is 36.8 Å². The minimum absolute atomic E-state index is 0.0908. The topological polar surface area (TPSA) is 94.8 Å². The van der Waals surface area contributed by atoms with Gasteiger partial charge in [0, 0.05) is 36.2 Å². The fourth-order valence-electron chi connectivity index (χ4n) is 3.64. The van der Waals surface area contributed by atoms with Crippen LogP contribution >= 0.6 is 0 Å². The second-order valence-corrected chi connectivity index (χ2v) is 7.08. The molecular formula is C22H21N3O5. The largest absolute Gasteiger partial charge is 0.496 e. The van der Waals surface area contributed by atoms with Gasteiger partial charge in [-0.3, -0.25) is 10.1 Å². The van der Waals surface area contributed by atoms with Crippen molar-refractivity contribution in [3.63, 3.8) is 0 Å². The van der Waals surface area contributed by atoms with Crippen LogP contribution in [0.4, 0.5) is 11.5 Å². The second kappa shape index (κ2) is 8.36. The Morgan fingerprint density at radius 2 is 1.93 bits per heavy atom. The number of hydrogen-bond acceptors (Lipinski definition) is 7. The summed E-state index contributed by atoms with van der Waals surface area (Å²) in [5.74, 6) is 0.510. The van der Waals surface area contributed by atoms with Gasteiger partial charge in [-0.05, 0) is 31.0 Å². The van der Waals surface area contributed by atoms with Crippen molar-refractivity contribution in [2.75, 3.05) is 25.1 Å². The number of carbonyl (C=O) groups excluding carboxylic acids is 1. The van der Waals surface area contributed by atoms with Crippen LogP contribution in [0.15, 0.2) is 48.5 Å². The van der Waals surface area contributed by atoms with Crippen molar-refractivity contribution in [2.45, 2.75) is 19.4 Å². The maximum Gasteiger partial charge on any atom is 0.342 e. The molecule has 1 aliphatic rings. The Kier molecular flexibility index (Phi) is 5.47. The summed E-state index contributed by atoms with van der Waals surface area (Å²) in [6.07, 6.45) is 2.10. The third kappa shape index (κ3) is 3.89. The Hall–Kier alpha value is -3.68. The molecule has 30 heavy (non-hydrogen) atoms. The maximum absolute atomic E-state index is 13.0. The van der Waals surface area contributed by atoms with Gasteiger partial charge >= 0.3 is 5.97 Å². The summed E-state index contributed by atoms with van der Waals surface area (Å²) in [6.45, 7) is 1.53. The molecule has 0 aliphatic carbocycles. The third-order valence-corrected chi connectivity index (χ3v) is 5.16. The van der Waals surface area contributed by atoms with Crippen molar-refractivity contribution in [1.29, 1.82) is 0 Å². The van der Waals surface area contributed by atoms with E-state index in [0.29, 0.717) is 22.7 Å². The van der Waals surface area contributed by atoms with Crippen LogP contribution in [-0.4, -0.2) is 36.1 Å². The Morgan fingerprint density at radius 3 is 2.67 bits per heavy atom. The van der Waals surface area contributed by atoms with Gasteiger partial charge in [0.2, 0.25) is 0 Å². The summed E-state index contributed by atoms with van der Waals surface area (Å²) in [6, 6.07) is 13.6. The van der Waals surface area contributed by atoms with Gasteiger partial charge < -0.3 is 14.4 Å². The average Bonchev–Trinajstić information content (AvgIpc) is 3.31. The van der Waals surface area contributed by atoms with E-state index in [1.807, 2.05) is 24.3 Å². The van der Waals surface area contributed by atoms with Gasteiger partial charge in [0.05, 0.1) is 17.5 Å². The lowest BCUT2D eigenvalue weighted by Crippen LogP contribution is -2.23. The maximum atomic E-state index is 13.0. The minimum Gasteiger partial charge on any atom is -0.496 e. The summed E-state index contributed by atoms with van der Waals surface area (Å²) >= 11 is 0. The highest BCUT2D eigenvalue weighted by Gasteiger charge is 2.23. The number of methoxy groups -OCH3 is 1. The summed E-state index contributed by atoms with van der Waals surface area (Å²) in [5.41, 5.74) is 1.54. The highest BCUT2D eigenvalue weighted by molar-refractivity contribution is 5.99. The molecule has 1 aromatic heterocycles. The number of aromatic nitrogens is 1. The van der Waals surface area contributed by atoms with Crippen LogP contribution in [0.2, 0.25) is 0 Å². The van der Waals surface area contributed by atoms with Gasteiger partial charge in [0.25, 0.3) is 5.69 Å². The van der Waals surface area contributed by atoms with Crippen LogP contribution in [0.1, 0.15) is 28.8 Å². The lowest BCUT2D eigenvalue weighted by atomic mass is 10.1. The minimum atomic E-state index is -0.524. The van der Waals surface area contributed by atoms with Crippen molar-refractivity contribution in [3.8, 4) is 5.75 Å². The molecule has 154 valence electrons. The molecule has 3 aromatic rings. The van der Waals surface area contributed by atoms with Crippen LogP contribution in [0.5, 0.6) is 5.75 Å². The standard InChI is InChI=1S/C22H21N3O5/c1-29-20-9-8-17(25(27)28)12-16(20)14-30-22(26)18-13-15-6-2-3-7-19(15)23-21(18)24-10-4-5-11-24/h2-3,6-9,12-13H,4-5,10-11,14H2,1H3. The zero-order chi connectivity index (χ0) is 21.1. The molecule has 0 spiro atoms. The number of para-hydroxylation sites is 1. The molecule has 1 fully saturated rings. The monoisotopic (exact) mass is 407 g/mol. The van der Waals surface area contributed by atoms with Crippen molar-refractivity contribution in [3.05, 3.63) is 69.8 Å². The van der Waals surface area contributed by atoms with Crippen molar-refractivity contribution < 1.29 is 19.2 Å². The van der Waals surface area contributed by atoms with E-state index in [1.165, 1.54) is 25.3 Å². The van der Waals surface area contributed by atoms with Crippen LogP contribution in [-0.2, 0) is 11.3 Å². The van der Waals surface area contributed by atoms with Gasteiger partial charge in [-0.15, -0.1) is 0 Å². The van der Waals surface area contributed by atoms with Gasteiger partial charge in [0.1, 0.15) is 23.7 Å². The zero-order valence-electron chi connectivity index (χ0n) is 16.5. The van der Waals surface area contributed by atoms with Crippen LogP contribution in [0.3, 0.4) is 0 Å². The van der Waals surface area contributed by atoms with Crippen molar-refractivity contribution in [1.82, 2.24) is 4.98 Å². The molecule has 0 saturated carbocycles. The van der Waals surface area contributed by atoms with E-state index in [-0.39, 0.29) is 12.3 Å². The highest BCUT2D eigenvalue weighted by atomic mass is 16.6. The Labute approximate surface area is 173 Å². The molecule has 0 bridgehead atoms. The van der Waals surface area contributed by atoms with Gasteiger partial charge in [-0.2, -0.15) is 0 Å². The fourth-order valence-corrected chi connectivity index (χ4v) is 3.64. The number of nitrogens with zero attached hydrogens (tertiary/aromatic N) is 3. The third-order valence-electron chi connectivity index (χ3n) is 5.16. The molecule has 0 radical (unpaired) electrons. The molecule has 2 aromatic carbocycles. The Balaban J connectivity index is 1.64. The first-order valence-corrected chi connectivity index (χ1v) is 9.70. The average molecular weight is 407 g/mol. The predicted octanol–water partition coefficient (Wildman–Crippen LogP) is 4.11. The first kappa shape index (κ1) is 19.6. The molecule has 0 amide bonds. The first-order chi connectivity index (χ1) is 14.6. The van der Waals surface area contributed by atoms with Crippen molar-refractivity contribution in [2.24, 2.45) is 0 Å². The molecule has 0 unspecified atom stereocenters. The second-order valence-electron chi connectivity index (χ2n) is 7.08. The van der Waals surface area contributed by atoms with Gasteiger partial charge in [0.15, 0.2) is 0 Å². The lowest BCUT2D eigenvalue weighted by Gasteiger charge is -2.20. The molecule has 1 aliphatic heterocycles. The normalized spacial score (nSPS) is 13.4. The molecule has 8 heteroatoms. The summed E-state index contributed by atoms with van der Waals surface area (Å²) < 4.78 is 10.8. The van der Waals surface area contributed by atoms with Gasteiger partial charge in [-0.1, -0.05) is 18.2 Å². The molecule has 8 nitrogen and oxygen atoms in total. The molecule has 0 N–H and O–H groups in total. The number of esters is 1. The van der Waals surface area contributed by atoms with E-state index in [4.69, 9.17) is 14.5 Å². The number of carbonyl (C=O) groups is 1. The predicted molar refractivity (Wildman–Crippen MR) is 112 cm³/mol. The van der Waals surface area contributed by atoms with E-state index in [2.05, 4.69) is 4.90 Å². The molecule has 4 rings (SSSR count). The van der Waals surface area contributed by atoms with E-state index in [1.54, 1.807) is 6.07 Å². The number of rotatable bonds is 6. The number of pyridine rings is 1. The van der Waals surface area contributed by atoms with E-state index in [9.17, 15) is 14.9 Å². The summed E-state index contributed by atoms with van der Waals surface area (Å²) in [4.78, 5) is 30.4. The number of non-ortho nitro benzene ring substituents is 1. The summed E-state index contributed by atoms with van der Waals surface area (Å²) in [5, 5.41) is 11.9. The Morgan fingerprint density at radius 1 is 1.17 bits per heavy atom. The lowest BCUT2D eigenvalue weighted by molar-refractivity contribution is -0.385. The number of nitro groups is 1. The SMILES string of the molecule is COc1ccc([N+](=O)[O-])cc1COC(=O)c1cc2ccccc2nc1N1CCCC1. The van der Waals surface area contributed by atoms with Crippen molar-refractivity contribution >= 4 is 28.4 Å². The number of anilines is 1. The number of benzene rings is 2. The zero-order valence-corrected chi connectivity index (χ0v) is 16.5. The smallest absolute Gasteiger partial charge is 0.342 e. The van der Waals surface area contributed by atoms with Crippen LogP contribution < -0.4 is 9.64 Å². The number of ether oxygens (including phenoxy) is 2. The summed E-state index contributed by atoms with van der Waals surface area (Å²) in [7, 11) is 1.46. The van der Waals surface area contributed by atoms with E-state index < -0.39 is 10.9 Å². The quantitative estimate of drug-likeness (QED) is 0.345. The molecule has 2 heterocycles. The highest BCUT2D eigenvalue weighted by Crippen LogP contribution is 2.29. The number of fused-ring (bicyclic) bond motifs is 1.